The number of nitrogens with zero attached hydrogens (tertiary/aromatic N) is 4. The van der Waals surface area contributed by atoms with Crippen molar-refractivity contribution in [2.45, 2.75) is 26.4 Å². The van der Waals surface area contributed by atoms with Gasteiger partial charge in [-0.2, -0.15) is 4.31 Å². The Hall–Kier alpha value is -2.27. The van der Waals surface area contributed by atoms with Gasteiger partial charge < -0.3 is 9.30 Å². The Balaban J connectivity index is 1.67. The van der Waals surface area contributed by atoms with Gasteiger partial charge in [0.05, 0.1) is 18.2 Å². The first-order valence-corrected chi connectivity index (χ1v) is 13.2. The van der Waals surface area contributed by atoms with Crippen LogP contribution in [0.3, 0.4) is 0 Å². The topological polar surface area (TPSA) is 84.7 Å². The average Bonchev–Trinajstić information content (AvgIpc) is 3.16. The minimum Gasteiger partial charge on any atom is -0.478 e. The van der Waals surface area contributed by atoms with Crippen molar-refractivity contribution in [1.29, 1.82) is 0 Å². The minimum atomic E-state index is -3.18. The van der Waals surface area contributed by atoms with Crippen LogP contribution in [-0.2, 0) is 23.6 Å². The van der Waals surface area contributed by atoms with Crippen LogP contribution < -0.4 is 10.3 Å². The molecule has 0 saturated carbocycles. The van der Waals surface area contributed by atoms with Gasteiger partial charge in [0.25, 0.3) is 5.56 Å². The van der Waals surface area contributed by atoms with Crippen molar-refractivity contribution in [2.24, 2.45) is 7.05 Å². The summed E-state index contributed by atoms with van der Waals surface area (Å²) < 4.78 is 33.4. The fourth-order valence-corrected chi connectivity index (χ4v) is 6.19. The quantitative estimate of drug-likeness (QED) is 0.544. The molecule has 3 aromatic heterocycles. The molecule has 0 spiro atoms. The fraction of sp³-hybridized carbons (Fsp3) is 0.455. The number of sulfonamides is 1. The second kappa shape index (κ2) is 8.93. The Bertz CT molecular complexity index is 1300. The SMILES string of the molecule is CCOc1cc(-c2cn(C)c(=O)c3cc(CN4CCN(S(C)(=O)=O)CC4C)sc23)ccn1. The molecule has 0 radical (unpaired) electrons. The molecule has 0 bridgehead atoms. The highest BCUT2D eigenvalue weighted by atomic mass is 32.2. The number of rotatable bonds is 6. The van der Waals surface area contributed by atoms with Crippen molar-refractivity contribution in [3.8, 4) is 17.0 Å². The summed E-state index contributed by atoms with van der Waals surface area (Å²) in [4.78, 5) is 20.5. The molecule has 8 nitrogen and oxygen atoms in total. The number of aromatic nitrogens is 2. The van der Waals surface area contributed by atoms with Crippen molar-refractivity contribution >= 4 is 31.4 Å². The highest BCUT2D eigenvalue weighted by molar-refractivity contribution is 7.88. The Morgan fingerprint density at radius 3 is 2.75 bits per heavy atom. The van der Waals surface area contributed by atoms with Crippen molar-refractivity contribution in [2.75, 3.05) is 32.5 Å². The standard InChI is InChI=1S/C22H28N4O4S2/c1-5-30-20-10-16(6-7-23-20)19-14-24(3)22(27)18-11-17(31-21(18)19)13-25-8-9-26(12-15(25)2)32(4,28)29/h6-7,10-11,14-15H,5,8-9,12-13H2,1-4H3. The molecule has 10 heteroatoms. The number of pyridine rings is 2. The maximum absolute atomic E-state index is 12.9. The monoisotopic (exact) mass is 476 g/mol. The lowest BCUT2D eigenvalue weighted by atomic mass is 10.1. The van der Waals surface area contributed by atoms with E-state index in [1.807, 2.05) is 38.2 Å². The lowest BCUT2D eigenvalue weighted by Crippen LogP contribution is -2.52. The normalized spacial score (nSPS) is 18.3. The molecule has 1 fully saturated rings. The Morgan fingerprint density at radius 2 is 2.06 bits per heavy atom. The maximum atomic E-state index is 12.9. The van der Waals surface area contributed by atoms with Gasteiger partial charge in [-0.3, -0.25) is 9.69 Å². The zero-order chi connectivity index (χ0) is 23.0. The predicted octanol–water partition coefficient (Wildman–Crippen LogP) is 2.53. The van der Waals surface area contributed by atoms with Gasteiger partial charge in [-0.1, -0.05) is 0 Å². The lowest BCUT2D eigenvalue weighted by Gasteiger charge is -2.38. The molecule has 0 aliphatic carbocycles. The first kappa shape index (κ1) is 22.9. The molecule has 32 heavy (non-hydrogen) atoms. The summed E-state index contributed by atoms with van der Waals surface area (Å²) in [5.41, 5.74) is 1.89. The van der Waals surface area contributed by atoms with Crippen LogP contribution in [0.1, 0.15) is 18.7 Å². The van der Waals surface area contributed by atoms with E-state index >= 15 is 0 Å². The third-order valence-electron chi connectivity index (χ3n) is 5.80. The number of thiophene rings is 1. The van der Waals surface area contributed by atoms with E-state index in [0.29, 0.717) is 44.1 Å². The van der Waals surface area contributed by atoms with E-state index in [2.05, 4.69) is 9.88 Å². The highest BCUT2D eigenvalue weighted by Gasteiger charge is 2.29. The third-order valence-corrected chi connectivity index (χ3v) is 8.22. The smallest absolute Gasteiger partial charge is 0.259 e. The van der Waals surface area contributed by atoms with Crippen molar-refractivity contribution in [3.05, 3.63) is 45.8 Å². The summed E-state index contributed by atoms with van der Waals surface area (Å²) in [7, 11) is -1.42. The molecule has 1 aliphatic heterocycles. The summed E-state index contributed by atoms with van der Waals surface area (Å²) in [6, 6.07) is 5.90. The first-order chi connectivity index (χ1) is 15.2. The van der Waals surface area contributed by atoms with Crippen molar-refractivity contribution in [3.63, 3.8) is 0 Å². The Kier molecular flexibility index (Phi) is 6.39. The van der Waals surface area contributed by atoms with Crippen LogP contribution in [0.2, 0.25) is 0 Å². The molecule has 4 heterocycles. The number of ether oxygens (including phenoxy) is 1. The van der Waals surface area contributed by atoms with Crippen LogP contribution in [0.15, 0.2) is 35.4 Å². The van der Waals surface area contributed by atoms with Gasteiger partial charge in [0.2, 0.25) is 15.9 Å². The van der Waals surface area contributed by atoms with Gasteiger partial charge in [0, 0.05) is 72.9 Å². The third kappa shape index (κ3) is 4.59. The molecule has 4 rings (SSSR count). The van der Waals surface area contributed by atoms with E-state index in [-0.39, 0.29) is 11.6 Å². The molecule has 1 aliphatic rings. The van der Waals surface area contributed by atoms with E-state index in [4.69, 9.17) is 4.74 Å². The number of hydrogen-bond acceptors (Lipinski definition) is 7. The van der Waals surface area contributed by atoms with Gasteiger partial charge in [-0.25, -0.2) is 13.4 Å². The van der Waals surface area contributed by atoms with Gasteiger partial charge in [0.1, 0.15) is 0 Å². The molecular formula is C22H28N4O4S2. The molecule has 0 aromatic carbocycles. The zero-order valence-electron chi connectivity index (χ0n) is 18.7. The summed E-state index contributed by atoms with van der Waals surface area (Å²) in [5, 5.41) is 0.696. The van der Waals surface area contributed by atoms with E-state index in [1.165, 1.54) is 10.6 Å². The second-order valence-corrected chi connectivity index (χ2v) is 11.3. The summed E-state index contributed by atoms with van der Waals surface area (Å²) in [5.74, 6) is 0.557. The Morgan fingerprint density at radius 1 is 1.28 bits per heavy atom. The molecule has 1 saturated heterocycles. The first-order valence-electron chi connectivity index (χ1n) is 10.6. The molecule has 1 atom stereocenters. The average molecular weight is 477 g/mol. The van der Waals surface area contributed by atoms with Crippen LogP contribution in [0.25, 0.3) is 21.2 Å². The molecule has 172 valence electrons. The van der Waals surface area contributed by atoms with Gasteiger partial charge in [-0.05, 0) is 31.5 Å². The van der Waals surface area contributed by atoms with Crippen LogP contribution in [-0.4, -0.2) is 65.7 Å². The molecule has 0 N–H and O–H groups in total. The van der Waals surface area contributed by atoms with Crippen LogP contribution in [0, 0.1) is 0 Å². The van der Waals surface area contributed by atoms with Gasteiger partial charge in [-0.15, -0.1) is 11.3 Å². The number of aryl methyl sites for hydroxylation is 1. The van der Waals surface area contributed by atoms with E-state index < -0.39 is 10.0 Å². The summed E-state index contributed by atoms with van der Waals surface area (Å²) in [6.45, 7) is 6.80. The van der Waals surface area contributed by atoms with Gasteiger partial charge >= 0.3 is 0 Å². The van der Waals surface area contributed by atoms with Crippen molar-refractivity contribution < 1.29 is 13.2 Å². The van der Waals surface area contributed by atoms with Crippen LogP contribution >= 0.6 is 11.3 Å². The Labute approximate surface area is 192 Å². The number of hydrogen-bond donors (Lipinski definition) is 0. The fourth-order valence-electron chi connectivity index (χ4n) is 4.09. The van der Waals surface area contributed by atoms with E-state index in [1.54, 1.807) is 29.1 Å². The van der Waals surface area contributed by atoms with Crippen LogP contribution in [0.5, 0.6) is 5.88 Å². The maximum Gasteiger partial charge on any atom is 0.259 e. The zero-order valence-corrected chi connectivity index (χ0v) is 20.4. The number of piperazine rings is 1. The van der Waals surface area contributed by atoms with E-state index in [0.717, 1.165) is 20.7 Å². The molecule has 1 unspecified atom stereocenters. The van der Waals surface area contributed by atoms with E-state index in [9.17, 15) is 13.2 Å². The van der Waals surface area contributed by atoms with Crippen molar-refractivity contribution in [1.82, 2.24) is 18.8 Å². The highest BCUT2D eigenvalue weighted by Crippen LogP contribution is 2.35. The predicted molar refractivity (Wildman–Crippen MR) is 128 cm³/mol. The van der Waals surface area contributed by atoms with Gasteiger partial charge in [0.15, 0.2) is 0 Å². The molecular weight excluding hydrogens is 448 g/mol. The second-order valence-electron chi connectivity index (χ2n) is 8.17. The lowest BCUT2D eigenvalue weighted by molar-refractivity contribution is 0.123. The summed E-state index contributed by atoms with van der Waals surface area (Å²) in [6.07, 6.45) is 4.84. The largest absolute Gasteiger partial charge is 0.478 e. The summed E-state index contributed by atoms with van der Waals surface area (Å²) >= 11 is 1.61. The van der Waals surface area contributed by atoms with Crippen LogP contribution in [0.4, 0.5) is 0 Å². The molecule has 3 aromatic rings. The number of fused-ring (bicyclic) bond motifs is 1. The minimum absolute atomic E-state index is 0.0275. The molecule has 0 amide bonds.